The molecule has 0 aromatic heterocycles. The number of aliphatic hydroxyl groups is 1. The van der Waals surface area contributed by atoms with Crippen molar-refractivity contribution < 1.29 is 19.4 Å². The first-order chi connectivity index (χ1) is 9.90. The first-order valence-electron chi connectivity index (χ1n) is 6.86. The molecule has 0 unspecified atom stereocenters. The van der Waals surface area contributed by atoms with Crippen molar-refractivity contribution in [1.29, 1.82) is 0 Å². The third-order valence-corrected chi connectivity index (χ3v) is 4.28. The zero-order valence-corrected chi connectivity index (χ0v) is 14.0. The molecule has 1 aliphatic rings. The summed E-state index contributed by atoms with van der Waals surface area (Å²) in [5, 5.41) is 12.7. The molecular formula is C15H18INO4. The van der Waals surface area contributed by atoms with Gasteiger partial charge in [-0.2, -0.15) is 0 Å². The fraction of sp³-hybridized carbons (Fsp3) is 0.467. The molecule has 1 aromatic rings. The number of amides is 1. The van der Waals surface area contributed by atoms with Gasteiger partial charge < -0.3 is 15.2 Å². The third-order valence-electron chi connectivity index (χ3n) is 3.61. The Labute approximate surface area is 137 Å². The van der Waals surface area contributed by atoms with Crippen LogP contribution in [0.15, 0.2) is 18.2 Å². The van der Waals surface area contributed by atoms with Crippen molar-refractivity contribution in [3.05, 3.63) is 27.3 Å². The molecule has 0 aliphatic heterocycles. The molecule has 0 saturated heterocycles. The van der Waals surface area contributed by atoms with Crippen LogP contribution >= 0.6 is 22.6 Å². The minimum Gasteiger partial charge on any atom is -0.453 e. The van der Waals surface area contributed by atoms with Gasteiger partial charge in [-0.1, -0.05) is 0 Å². The molecule has 1 amide bonds. The van der Waals surface area contributed by atoms with Crippen molar-refractivity contribution in [3.8, 4) is 0 Å². The maximum atomic E-state index is 11.8. The van der Waals surface area contributed by atoms with E-state index in [4.69, 9.17) is 4.74 Å². The number of hydrogen-bond donors (Lipinski definition) is 2. The number of nitrogens with one attached hydrogen (secondary N) is 1. The summed E-state index contributed by atoms with van der Waals surface area (Å²) in [6.45, 7) is 1.51. The summed E-state index contributed by atoms with van der Waals surface area (Å²) >= 11 is 2.19. The number of esters is 1. The number of aryl methyl sites for hydroxylation is 1. The third kappa shape index (κ3) is 4.16. The molecule has 1 saturated carbocycles. The van der Waals surface area contributed by atoms with Crippen molar-refractivity contribution in [2.75, 3.05) is 11.9 Å². The molecule has 0 spiro atoms. The number of halogens is 1. The highest BCUT2D eigenvalue weighted by atomic mass is 127. The predicted octanol–water partition coefficient (Wildman–Crippen LogP) is 2.39. The smallest absolute Gasteiger partial charge is 0.338 e. The highest BCUT2D eigenvalue weighted by molar-refractivity contribution is 14.1. The molecule has 0 bridgehead atoms. The Bertz CT molecular complexity index is 553. The number of carbonyl (C=O) groups is 2. The van der Waals surface area contributed by atoms with Crippen molar-refractivity contribution >= 4 is 40.2 Å². The van der Waals surface area contributed by atoms with E-state index in [2.05, 4.69) is 27.9 Å². The molecule has 1 fully saturated rings. The summed E-state index contributed by atoms with van der Waals surface area (Å²) in [7, 11) is 0. The molecule has 1 aromatic carbocycles. The van der Waals surface area contributed by atoms with E-state index in [1.54, 1.807) is 6.07 Å². The van der Waals surface area contributed by atoms with E-state index in [0.29, 0.717) is 18.5 Å². The number of hydrogen-bond acceptors (Lipinski definition) is 4. The van der Waals surface area contributed by atoms with Gasteiger partial charge in [-0.15, -0.1) is 0 Å². The first-order valence-corrected chi connectivity index (χ1v) is 7.94. The molecule has 1 aliphatic carbocycles. The molecule has 21 heavy (non-hydrogen) atoms. The second-order valence-electron chi connectivity index (χ2n) is 5.32. The molecule has 0 atom stereocenters. The Kier molecular flexibility index (Phi) is 5.21. The van der Waals surface area contributed by atoms with Crippen LogP contribution in [0.4, 0.5) is 5.69 Å². The van der Waals surface area contributed by atoms with Crippen molar-refractivity contribution in [1.82, 2.24) is 0 Å². The summed E-state index contributed by atoms with van der Waals surface area (Å²) in [6, 6.07) is 5.64. The predicted molar refractivity (Wildman–Crippen MR) is 86.9 cm³/mol. The van der Waals surface area contributed by atoms with E-state index in [0.717, 1.165) is 22.0 Å². The Balaban J connectivity index is 1.86. The number of benzene rings is 1. The standard InChI is InChI=1S/C15H18INO4/c1-10-8-11(16)4-5-12(10)17-13(18)9-21-14(19)15(20)6-2-3-7-15/h4-5,8,20H,2-3,6-7,9H2,1H3,(H,17,18). The van der Waals surface area contributed by atoms with Crippen molar-refractivity contribution in [2.24, 2.45) is 0 Å². The van der Waals surface area contributed by atoms with Crippen LogP contribution in [0.25, 0.3) is 0 Å². The van der Waals surface area contributed by atoms with Crippen LogP contribution in [0.1, 0.15) is 31.2 Å². The van der Waals surface area contributed by atoms with Gasteiger partial charge in [0.1, 0.15) is 0 Å². The van der Waals surface area contributed by atoms with Crippen LogP contribution in [-0.4, -0.2) is 29.2 Å². The average molecular weight is 403 g/mol. The summed E-state index contributed by atoms with van der Waals surface area (Å²) < 4.78 is 6.01. The van der Waals surface area contributed by atoms with E-state index in [-0.39, 0.29) is 6.61 Å². The van der Waals surface area contributed by atoms with Gasteiger partial charge in [-0.05, 0) is 79.0 Å². The van der Waals surface area contributed by atoms with Gasteiger partial charge in [0.2, 0.25) is 0 Å². The van der Waals surface area contributed by atoms with Crippen LogP contribution in [-0.2, 0) is 14.3 Å². The lowest BCUT2D eigenvalue weighted by molar-refractivity contribution is -0.166. The molecule has 2 rings (SSSR count). The lowest BCUT2D eigenvalue weighted by Crippen LogP contribution is -2.38. The van der Waals surface area contributed by atoms with Gasteiger partial charge in [0.15, 0.2) is 12.2 Å². The Hall–Kier alpha value is -1.15. The monoisotopic (exact) mass is 403 g/mol. The zero-order chi connectivity index (χ0) is 15.5. The maximum absolute atomic E-state index is 11.8. The van der Waals surface area contributed by atoms with Crippen LogP contribution in [0.2, 0.25) is 0 Å². The average Bonchev–Trinajstić information content (AvgIpc) is 2.87. The summed E-state index contributed by atoms with van der Waals surface area (Å²) in [5.74, 6) is -1.11. The van der Waals surface area contributed by atoms with E-state index in [1.807, 2.05) is 19.1 Å². The summed E-state index contributed by atoms with van der Waals surface area (Å²) in [4.78, 5) is 23.6. The molecule has 0 heterocycles. The van der Waals surface area contributed by atoms with Gasteiger partial charge in [0, 0.05) is 9.26 Å². The summed E-state index contributed by atoms with van der Waals surface area (Å²) in [6.07, 6.45) is 2.42. The first kappa shape index (κ1) is 16.2. The molecule has 114 valence electrons. The molecule has 5 nitrogen and oxygen atoms in total. The normalized spacial score (nSPS) is 16.5. The van der Waals surface area contributed by atoms with Gasteiger partial charge in [-0.25, -0.2) is 4.79 Å². The van der Waals surface area contributed by atoms with Crippen LogP contribution in [0.5, 0.6) is 0 Å². The highest BCUT2D eigenvalue weighted by Gasteiger charge is 2.40. The van der Waals surface area contributed by atoms with Crippen LogP contribution in [0, 0.1) is 10.5 Å². The minimum atomic E-state index is -1.40. The van der Waals surface area contributed by atoms with Gasteiger partial charge in [0.05, 0.1) is 0 Å². The Morgan fingerprint density at radius 1 is 1.38 bits per heavy atom. The van der Waals surface area contributed by atoms with Crippen molar-refractivity contribution in [2.45, 2.75) is 38.2 Å². The fourth-order valence-electron chi connectivity index (χ4n) is 2.38. The minimum absolute atomic E-state index is 0.382. The van der Waals surface area contributed by atoms with E-state index in [9.17, 15) is 14.7 Å². The Morgan fingerprint density at radius 2 is 2.05 bits per heavy atom. The number of rotatable bonds is 4. The van der Waals surface area contributed by atoms with E-state index in [1.165, 1.54) is 0 Å². The Morgan fingerprint density at radius 3 is 2.67 bits per heavy atom. The largest absolute Gasteiger partial charge is 0.453 e. The molecular weight excluding hydrogens is 385 g/mol. The molecule has 6 heteroatoms. The van der Waals surface area contributed by atoms with Crippen LogP contribution in [0.3, 0.4) is 0 Å². The topological polar surface area (TPSA) is 75.6 Å². The fourth-order valence-corrected chi connectivity index (χ4v) is 3.03. The lowest BCUT2D eigenvalue weighted by atomic mass is 10.0. The SMILES string of the molecule is Cc1cc(I)ccc1NC(=O)COC(=O)C1(O)CCCC1. The maximum Gasteiger partial charge on any atom is 0.338 e. The lowest BCUT2D eigenvalue weighted by Gasteiger charge is -2.19. The van der Waals surface area contributed by atoms with Gasteiger partial charge >= 0.3 is 5.97 Å². The van der Waals surface area contributed by atoms with Crippen molar-refractivity contribution in [3.63, 3.8) is 0 Å². The summed E-state index contributed by atoms with van der Waals surface area (Å²) in [5.41, 5.74) is 0.228. The van der Waals surface area contributed by atoms with Gasteiger partial charge in [-0.3, -0.25) is 4.79 Å². The van der Waals surface area contributed by atoms with Gasteiger partial charge in [0.25, 0.3) is 5.91 Å². The number of anilines is 1. The highest BCUT2D eigenvalue weighted by Crippen LogP contribution is 2.30. The molecule has 2 N–H and O–H groups in total. The molecule has 0 radical (unpaired) electrons. The zero-order valence-electron chi connectivity index (χ0n) is 11.8. The van der Waals surface area contributed by atoms with E-state index < -0.39 is 17.5 Å². The van der Waals surface area contributed by atoms with E-state index >= 15 is 0 Å². The quantitative estimate of drug-likeness (QED) is 0.598. The van der Waals surface area contributed by atoms with Crippen LogP contribution < -0.4 is 5.32 Å². The second kappa shape index (κ2) is 6.74. The second-order valence-corrected chi connectivity index (χ2v) is 6.57. The number of carbonyl (C=O) groups excluding carboxylic acids is 2. The number of ether oxygens (including phenoxy) is 1.